The highest BCUT2D eigenvalue weighted by molar-refractivity contribution is 6.18. The summed E-state index contributed by atoms with van der Waals surface area (Å²) in [6.45, 7) is 0. The minimum Gasteiger partial charge on any atom is -0.398 e. The van der Waals surface area contributed by atoms with Gasteiger partial charge in [-0.25, -0.2) is 4.98 Å². The van der Waals surface area contributed by atoms with E-state index in [-0.39, 0.29) is 0 Å². The number of hydrogen-bond acceptors (Lipinski definition) is 2. The molecule has 0 unspecified atom stereocenters. The van der Waals surface area contributed by atoms with Gasteiger partial charge in [0.05, 0.1) is 16.6 Å². The lowest BCUT2D eigenvalue weighted by atomic mass is 10.0. The van der Waals surface area contributed by atoms with Gasteiger partial charge in [-0.15, -0.1) is 0 Å². The number of nitrogens with zero attached hydrogens (tertiary/aromatic N) is 2. The van der Waals surface area contributed by atoms with Crippen LogP contribution in [0.5, 0.6) is 0 Å². The minimum absolute atomic E-state index is 0.795. The summed E-state index contributed by atoms with van der Waals surface area (Å²) in [7, 11) is 0. The van der Waals surface area contributed by atoms with Gasteiger partial charge < -0.3 is 5.73 Å². The fourth-order valence-corrected chi connectivity index (χ4v) is 3.39. The molecule has 0 aliphatic rings. The molecule has 0 atom stereocenters. The summed E-state index contributed by atoms with van der Waals surface area (Å²) in [6, 6.07) is 22.6. The van der Waals surface area contributed by atoms with Crippen molar-refractivity contribution in [3.63, 3.8) is 0 Å². The Hall–Kier alpha value is -3.07. The maximum Gasteiger partial charge on any atom is 0.146 e. The van der Waals surface area contributed by atoms with E-state index in [1.165, 1.54) is 0 Å². The first-order chi connectivity index (χ1) is 10.8. The van der Waals surface area contributed by atoms with E-state index >= 15 is 0 Å². The van der Waals surface area contributed by atoms with Gasteiger partial charge in [0.15, 0.2) is 0 Å². The van der Waals surface area contributed by atoms with Gasteiger partial charge in [0.25, 0.3) is 0 Å². The number of rotatable bonds is 0. The van der Waals surface area contributed by atoms with Crippen LogP contribution in [0.2, 0.25) is 0 Å². The molecule has 3 aromatic carbocycles. The van der Waals surface area contributed by atoms with E-state index in [0.717, 1.165) is 44.0 Å². The predicted octanol–water partition coefficient (Wildman–Crippen LogP) is 4.38. The van der Waals surface area contributed by atoms with E-state index in [2.05, 4.69) is 52.9 Å². The van der Waals surface area contributed by atoms with Gasteiger partial charge in [-0.3, -0.25) is 4.40 Å². The molecule has 3 nitrogen and oxygen atoms in total. The first-order valence-electron chi connectivity index (χ1n) is 7.31. The molecular weight excluding hydrogens is 270 g/mol. The second kappa shape index (κ2) is 3.98. The normalized spacial score (nSPS) is 11.8. The van der Waals surface area contributed by atoms with Crippen LogP contribution in [0.4, 0.5) is 5.69 Å². The van der Waals surface area contributed by atoms with Crippen LogP contribution >= 0.6 is 0 Å². The number of pyridine rings is 1. The number of anilines is 1. The van der Waals surface area contributed by atoms with Crippen molar-refractivity contribution in [2.75, 3.05) is 5.73 Å². The molecule has 0 saturated carbocycles. The van der Waals surface area contributed by atoms with Gasteiger partial charge in [0.1, 0.15) is 5.65 Å². The quantitative estimate of drug-likeness (QED) is 0.338. The number of fused-ring (bicyclic) bond motifs is 8. The van der Waals surface area contributed by atoms with Gasteiger partial charge in [-0.1, -0.05) is 42.5 Å². The van der Waals surface area contributed by atoms with Crippen LogP contribution in [0.15, 0.2) is 66.7 Å². The first kappa shape index (κ1) is 11.6. The average molecular weight is 283 g/mol. The third-order valence-corrected chi connectivity index (χ3v) is 4.31. The summed E-state index contributed by atoms with van der Waals surface area (Å²) >= 11 is 0. The molecule has 2 heterocycles. The van der Waals surface area contributed by atoms with Crippen LogP contribution in [-0.4, -0.2) is 9.38 Å². The Morgan fingerprint density at radius 3 is 2.36 bits per heavy atom. The maximum absolute atomic E-state index is 6.27. The lowest BCUT2D eigenvalue weighted by molar-refractivity contribution is 1.31. The second-order valence-corrected chi connectivity index (χ2v) is 5.55. The molecule has 0 spiro atoms. The molecule has 0 aliphatic heterocycles. The zero-order valence-electron chi connectivity index (χ0n) is 11.8. The van der Waals surface area contributed by atoms with Crippen molar-refractivity contribution in [1.29, 1.82) is 0 Å². The van der Waals surface area contributed by atoms with Gasteiger partial charge in [0.2, 0.25) is 0 Å². The van der Waals surface area contributed by atoms with E-state index in [0.29, 0.717) is 0 Å². The third kappa shape index (κ3) is 1.33. The van der Waals surface area contributed by atoms with Crippen molar-refractivity contribution in [1.82, 2.24) is 9.38 Å². The first-order valence-corrected chi connectivity index (χ1v) is 7.31. The Bertz CT molecular complexity index is 1190. The largest absolute Gasteiger partial charge is 0.398 e. The van der Waals surface area contributed by atoms with Crippen molar-refractivity contribution >= 4 is 44.0 Å². The van der Waals surface area contributed by atoms with Gasteiger partial charge in [-0.2, -0.15) is 0 Å². The lowest BCUT2D eigenvalue weighted by Crippen LogP contribution is -1.94. The van der Waals surface area contributed by atoms with Gasteiger partial charge in [0, 0.05) is 21.8 Å². The molecule has 2 N–H and O–H groups in total. The molecular formula is C19H13N3. The zero-order chi connectivity index (χ0) is 14.7. The van der Waals surface area contributed by atoms with E-state index in [4.69, 9.17) is 10.7 Å². The van der Waals surface area contributed by atoms with Crippen LogP contribution < -0.4 is 5.73 Å². The predicted molar refractivity (Wildman–Crippen MR) is 92.1 cm³/mol. The van der Waals surface area contributed by atoms with Crippen LogP contribution in [0, 0.1) is 0 Å². The van der Waals surface area contributed by atoms with Gasteiger partial charge in [-0.05, 0) is 24.3 Å². The lowest BCUT2D eigenvalue weighted by Gasteiger charge is -2.10. The highest BCUT2D eigenvalue weighted by atomic mass is 15.0. The molecule has 0 fully saturated rings. The molecule has 0 aliphatic carbocycles. The van der Waals surface area contributed by atoms with Crippen LogP contribution in [-0.2, 0) is 0 Å². The zero-order valence-corrected chi connectivity index (χ0v) is 11.8. The number of nitrogens with two attached hydrogens (primary N) is 1. The molecule has 2 aromatic heterocycles. The second-order valence-electron chi connectivity index (χ2n) is 5.55. The number of benzene rings is 3. The monoisotopic (exact) mass is 283 g/mol. The highest BCUT2D eigenvalue weighted by Crippen LogP contribution is 2.34. The molecule has 104 valence electrons. The summed E-state index contributed by atoms with van der Waals surface area (Å²) in [5.41, 5.74) is 11.3. The van der Waals surface area contributed by atoms with E-state index in [9.17, 15) is 0 Å². The van der Waals surface area contributed by atoms with E-state index in [1.54, 1.807) is 0 Å². The van der Waals surface area contributed by atoms with Crippen molar-refractivity contribution in [2.24, 2.45) is 0 Å². The molecule has 0 amide bonds. The van der Waals surface area contributed by atoms with Crippen LogP contribution in [0.1, 0.15) is 0 Å². The SMILES string of the molecule is Nc1cccc2c1c1ccccc1n1c3ccccc3nc21. The summed E-state index contributed by atoms with van der Waals surface area (Å²) in [4.78, 5) is 4.84. The molecule has 5 rings (SSSR count). The third-order valence-electron chi connectivity index (χ3n) is 4.31. The number of para-hydroxylation sites is 3. The molecule has 22 heavy (non-hydrogen) atoms. The Balaban J connectivity index is 2.26. The average Bonchev–Trinajstić information content (AvgIpc) is 2.95. The summed E-state index contributed by atoms with van der Waals surface area (Å²) in [5.74, 6) is 0. The number of nitrogen functional groups attached to an aromatic ring is 1. The standard InChI is InChI=1S/C19H13N3/c20-14-8-5-7-13-18(14)12-6-1-3-10-16(12)22-17-11-4-2-9-15(17)21-19(13)22/h1-11H,20H2. The number of aromatic nitrogens is 2. The summed E-state index contributed by atoms with van der Waals surface area (Å²) in [6.07, 6.45) is 0. The van der Waals surface area contributed by atoms with E-state index in [1.807, 2.05) is 18.2 Å². The summed E-state index contributed by atoms with van der Waals surface area (Å²) in [5, 5.41) is 3.34. The smallest absolute Gasteiger partial charge is 0.146 e. The molecule has 0 bridgehead atoms. The van der Waals surface area contributed by atoms with Crippen molar-refractivity contribution < 1.29 is 0 Å². The maximum atomic E-state index is 6.27. The molecule has 0 saturated heterocycles. The Morgan fingerprint density at radius 1 is 0.727 bits per heavy atom. The van der Waals surface area contributed by atoms with Crippen molar-refractivity contribution in [3.8, 4) is 0 Å². The topological polar surface area (TPSA) is 43.3 Å². The molecule has 5 aromatic rings. The van der Waals surface area contributed by atoms with Crippen molar-refractivity contribution in [2.45, 2.75) is 0 Å². The van der Waals surface area contributed by atoms with Gasteiger partial charge >= 0.3 is 0 Å². The number of hydrogen-bond donors (Lipinski definition) is 1. The number of imidazole rings is 1. The fraction of sp³-hybridized carbons (Fsp3) is 0. The molecule has 3 heteroatoms. The molecule has 0 radical (unpaired) electrons. The highest BCUT2D eigenvalue weighted by Gasteiger charge is 2.13. The van der Waals surface area contributed by atoms with Crippen LogP contribution in [0.25, 0.3) is 38.4 Å². The Labute approximate surface area is 126 Å². The minimum atomic E-state index is 0.795. The van der Waals surface area contributed by atoms with E-state index < -0.39 is 0 Å². The summed E-state index contributed by atoms with van der Waals surface area (Å²) < 4.78 is 2.23. The Kier molecular flexibility index (Phi) is 2.09. The van der Waals surface area contributed by atoms with Crippen LogP contribution in [0.3, 0.4) is 0 Å². The van der Waals surface area contributed by atoms with Crippen molar-refractivity contribution in [3.05, 3.63) is 66.7 Å². The Morgan fingerprint density at radius 2 is 1.45 bits per heavy atom. The fourth-order valence-electron chi connectivity index (χ4n) is 3.39.